The van der Waals surface area contributed by atoms with Crippen molar-refractivity contribution in [1.29, 1.82) is 5.26 Å². The Morgan fingerprint density at radius 2 is 2.06 bits per heavy atom. The molecule has 0 aliphatic rings. The number of nitrogens with zero attached hydrogens (tertiary/aromatic N) is 2. The lowest BCUT2D eigenvalue weighted by molar-refractivity contribution is -0.131. The van der Waals surface area contributed by atoms with Crippen LogP contribution >= 0.6 is 0 Å². The Balaban J connectivity index is 2.79. The zero-order valence-electron chi connectivity index (χ0n) is 11.1. The van der Waals surface area contributed by atoms with E-state index in [1.54, 1.807) is 11.9 Å². The molecule has 0 aliphatic heterocycles. The normalized spacial score (nSPS) is 11.6. The van der Waals surface area contributed by atoms with E-state index >= 15 is 0 Å². The molecule has 0 fully saturated rings. The minimum Gasteiger partial charge on any atom is -0.344 e. The fraction of sp³-hybridized carbons (Fsp3) is 0.467. The van der Waals surface area contributed by atoms with Gasteiger partial charge in [-0.2, -0.15) is 5.26 Å². The molecular weight excluding hydrogens is 224 g/mol. The highest BCUT2D eigenvalue weighted by Gasteiger charge is 2.22. The second-order valence-electron chi connectivity index (χ2n) is 4.42. The molecule has 1 atom stereocenters. The molecule has 0 N–H and O–H groups in total. The lowest BCUT2D eigenvalue weighted by Gasteiger charge is -2.23. The van der Waals surface area contributed by atoms with E-state index in [9.17, 15) is 4.79 Å². The molecule has 0 bridgehead atoms. The first-order chi connectivity index (χ1) is 8.70. The number of carbonyl (C=O) groups excluding carboxylic acids is 1. The first-order valence-electron chi connectivity index (χ1n) is 6.37. The summed E-state index contributed by atoms with van der Waals surface area (Å²) in [6.45, 7) is 2.58. The molecule has 0 spiro atoms. The van der Waals surface area contributed by atoms with E-state index in [-0.39, 0.29) is 11.8 Å². The maximum Gasteiger partial charge on any atom is 0.229 e. The predicted molar refractivity (Wildman–Crippen MR) is 72.0 cm³/mol. The summed E-state index contributed by atoms with van der Waals surface area (Å²) in [7, 11) is 1.77. The molecule has 0 aromatic heterocycles. The topological polar surface area (TPSA) is 44.1 Å². The van der Waals surface area contributed by atoms with Crippen molar-refractivity contribution in [1.82, 2.24) is 4.90 Å². The molecular formula is C15H20N2O. The molecule has 1 aromatic rings. The van der Waals surface area contributed by atoms with Crippen LogP contribution in [0.3, 0.4) is 0 Å². The lowest BCUT2D eigenvalue weighted by Crippen LogP contribution is -2.32. The first kappa shape index (κ1) is 14.2. The third-order valence-electron chi connectivity index (χ3n) is 3.01. The van der Waals surface area contributed by atoms with Gasteiger partial charge in [0.1, 0.15) is 0 Å². The Labute approximate surface area is 109 Å². The molecule has 1 unspecified atom stereocenters. The highest BCUT2D eigenvalue weighted by molar-refractivity contribution is 5.83. The molecule has 0 saturated heterocycles. The van der Waals surface area contributed by atoms with Crippen molar-refractivity contribution in [2.45, 2.75) is 32.1 Å². The summed E-state index contributed by atoms with van der Waals surface area (Å²) in [6.07, 6.45) is 2.20. The number of benzene rings is 1. The van der Waals surface area contributed by atoms with Gasteiger partial charge < -0.3 is 4.90 Å². The summed E-state index contributed by atoms with van der Waals surface area (Å²) in [5.41, 5.74) is 1.06. The summed E-state index contributed by atoms with van der Waals surface area (Å²) >= 11 is 0. The van der Waals surface area contributed by atoms with Crippen LogP contribution in [-0.2, 0) is 4.79 Å². The molecule has 3 nitrogen and oxygen atoms in total. The second-order valence-corrected chi connectivity index (χ2v) is 4.42. The van der Waals surface area contributed by atoms with Gasteiger partial charge in [0.15, 0.2) is 0 Å². The molecule has 96 valence electrons. The van der Waals surface area contributed by atoms with Crippen LogP contribution in [0.1, 0.15) is 37.7 Å². The van der Waals surface area contributed by atoms with Gasteiger partial charge in [0.25, 0.3) is 0 Å². The zero-order valence-corrected chi connectivity index (χ0v) is 11.1. The molecule has 1 rings (SSSR count). The Kier molecular flexibility index (Phi) is 5.93. The van der Waals surface area contributed by atoms with Gasteiger partial charge in [-0.15, -0.1) is 0 Å². The van der Waals surface area contributed by atoms with E-state index in [0.29, 0.717) is 13.0 Å². The van der Waals surface area contributed by atoms with Crippen LogP contribution < -0.4 is 0 Å². The number of amides is 1. The van der Waals surface area contributed by atoms with E-state index in [1.165, 1.54) is 0 Å². The van der Waals surface area contributed by atoms with Crippen molar-refractivity contribution in [2.24, 2.45) is 0 Å². The highest BCUT2D eigenvalue weighted by atomic mass is 16.2. The standard InChI is InChI=1S/C15H20N2O/c1-3-8-14(13-9-5-4-6-10-13)15(18)17(2)12-7-11-16/h4-6,9-10,14H,3,7-8,12H2,1-2H3. The van der Waals surface area contributed by atoms with Crippen LogP contribution in [0.5, 0.6) is 0 Å². The SMILES string of the molecule is CCCC(C(=O)N(C)CCC#N)c1ccccc1. The van der Waals surface area contributed by atoms with E-state index in [4.69, 9.17) is 5.26 Å². The third-order valence-corrected chi connectivity index (χ3v) is 3.01. The van der Waals surface area contributed by atoms with Gasteiger partial charge in [0.2, 0.25) is 5.91 Å². The average Bonchev–Trinajstić information content (AvgIpc) is 2.42. The number of rotatable bonds is 6. The fourth-order valence-electron chi connectivity index (χ4n) is 2.00. The summed E-state index contributed by atoms with van der Waals surface area (Å²) in [4.78, 5) is 14.0. The third kappa shape index (κ3) is 3.89. The zero-order chi connectivity index (χ0) is 13.4. The first-order valence-corrected chi connectivity index (χ1v) is 6.37. The average molecular weight is 244 g/mol. The van der Waals surface area contributed by atoms with Crippen molar-refractivity contribution >= 4 is 5.91 Å². The Morgan fingerprint density at radius 3 is 2.61 bits per heavy atom. The van der Waals surface area contributed by atoms with Crippen LogP contribution in [0, 0.1) is 11.3 Å². The van der Waals surface area contributed by atoms with Crippen LogP contribution in [-0.4, -0.2) is 24.4 Å². The Hall–Kier alpha value is -1.82. The summed E-state index contributed by atoms with van der Waals surface area (Å²) < 4.78 is 0. The highest BCUT2D eigenvalue weighted by Crippen LogP contribution is 2.23. The number of hydrogen-bond acceptors (Lipinski definition) is 2. The van der Waals surface area contributed by atoms with Crippen molar-refractivity contribution < 1.29 is 4.79 Å². The van der Waals surface area contributed by atoms with Gasteiger partial charge in [-0.25, -0.2) is 0 Å². The monoisotopic (exact) mass is 244 g/mol. The summed E-state index contributed by atoms with van der Waals surface area (Å²) in [6, 6.07) is 11.9. The number of hydrogen-bond donors (Lipinski definition) is 0. The maximum atomic E-state index is 12.4. The summed E-state index contributed by atoms with van der Waals surface area (Å²) in [5, 5.41) is 8.57. The van der Waals surface area contributed by atoms with Crippen molar-refractivity contribution in [3.8, 4) is 6.07 Å². The van der Waals surface area contributed by atoms with Crippen molar-refractivity contribution in [3.63, 3.8) is 0 Å². The number of nitriles is 1. The van der Waals surface area contributed by atoms with E-state index in [2.05, 4.69) is 13.0 Å². The fourth-order valence-corrected chi connectivity index (χ4v) is 2.00. The molecule has 18 heavy (non-hydrogen) atoms. The van der Waals surface area contributed by atoms with Crippen LogP contribution in [0.25, 0.3) is 0 Å². The van der Waals surface area contributed by atoms with Gasteiger partial charge in [0, 0.05) is 13.6 Å². The van der Waals surface area contributed by atoms with Gasteiger partial charge in [0.05, 0.1) is 18.4 Å². The molecule has 0 saturated carbocycles. The van der Waals surface area contributed by atoms with Crippen LogP contribution in [0.2, 0.25) is 0 Å². The van der Waals surface area contributed by atoms with Crippen molar-refractivity contribution in [3.05, 3.63) is 35.9 Å². The second kappa shape index (κ2) is 7.50. The Bertz CT molecular complexity index is 408. The van der Waals surface area contributed by atoms with E-state index < -0.39 is 0 Å². The van der Waals surface area contributed by atoms with Crippen molar-refractivity contribution in [2.75, 3.05) is 13.6 Å². The molecule has 1 aromatic carbocycles. The quantitative estimate of drug-likeness (QED) is 0.772. The predicted octanol–water partition coefficient (Wildman–Crippen LogP) is 2.94. The van der Waals surface area contributed by atoms with Gasteiger partial charge in [-0.1, -0.05) is 43.7 Å². The van der Waals surface area contributed by atoms with E-state index in [1.807, 2.05) is 30.3 Å². The molecule has 0 radical (unpaired) electrons. The van der Waals surface area contributed by atoms with Crippen LogP contribution in [0.4, 0.5) is 0 Å². The maximum absolute atomic E-state index is 12.4. The molecule has 3 heteroatoms. The van der Waals surface area contributed by atoms with Gasteiger partial charge in [-0.3, -0.25) is 4.79 Å². The molecule has 1 amide bonds. The van der Waals surface area contributed by atoms with E-state index in [0.717, 1.165) is 18.4 Å². The Morgan fingerprint density at radius 1 is 1.39 bits per heavy atom. The lowest BCUT2D eigenvalue weighted by atomic mass is 9.93. The largest absolute Gasteiger partial charge is 0.344 e. The molecule has 0 heterocycles. The minimum atomic E-state index is -0.0834. The number of likely N-dealkylation sites (N-methyl/N-ethyl adjacent to an activating group) is 1. The smallest absolute Gasteiger partial charge is 0.229 e. The van der Waals surface area contributed by atoms with Gasteiger partial charge >= 0.3 is 0 Å². The van der Waals surface area contributed by atoms with Gasteiger partial charge in [-0.05, 0) is 12.0 Å². The molecule has 0 aliphatic carbocycles. The van der Waals surface area contributed by atoms with Crippen LogP contribution in [0.15, 0.2) is 30.3 Å². The summed E-state index contributed by atoms with van der Waals surface area (Å²) in [5.74, 6) is 0.0261. The number of carbonyl (C=O) groups is 1. The minimum absolute atomic E-state index is 0.0834.